The summed E-state index contributed by atoms with van der Waals surface area (Å²) in [6, 6.07) is 0. The van der Waals surface area contributed by atoms with Crippen molar-refractivity contribution in [2.75, 3.05) is 65.6 Å². The number of nitrogens with zero attached hydrogens (tertiary/aromatic N) is 3. The predicted octanol–water partition coefficient (Wildman–Crippen LogP) is 2.39. The van der Waals surface area contributed by atoms with Gasteiger partial charge in [-0.3, -0.25) is 9.89 Å². The highest BCUT2D eigenvalue weighted by molar-refractivity contribution is 14.0. The molecule has 160 valence electrons. The summed E-state index contributed by atoms with van der Waals surface area (Å²) in [4.78, 5) is 9.94. The summed E-state index contributed by atoms with van der Waals surface area (Å²) in [5.74, 6) is 1.85. The van der Waals surface area contributed by atoms with Crippen molar-refractivity contribution < 1.29 is 4.74 Å². The highest BCUT2D eigenvalue weighted by Gasteiger charge is 2.28. The number of hydrogen-bond donors (Lipinski definition) is 2. The molecule has 0 aromatic heterocycles. The summed E-state index contributed by atoms with van der Waals surface area (Å²) >= 11 is 0. The van der Waals surface area contributed by atoms with Gasteiger partial charge in [-0.2, -0.15) is 0 Å². The molecule has 0 atom stereocenters. The van der Waals surface area contributed by atoms with Crippen LogP contribution in [0.25, 0.3) is 0 Å². The minimum absolute atomic E-state index is 0. The first kappa shape index (κ1) is 24.9. The number of rotatable bonds is 8. The van der Waals surface area contributed by atoms with Crippen molar-refractivity contribution in [1.82, 2.24) is 20.4 Å². The number of piperidine rings is 1. The monoisotopic (exact) mass is 495 g/mol. The fourth-order valence-corrected chi connectivity index (χ4v) is 3.68. The van der Waals surface area contributed by atoms with Crippen LogP contribution in [0.3, 0.4) is 0 Å². The van der Waals surface area contributed by atoms with Crippen molar-refractivity contribution >= 4 is 29.9 Å². The Morgan fingerprint density at radius 3 is 2.41 bits per heavy atom. The number of hydrogen-bond acceptors (Lipinski definition) is 4. The maximum absolute atomic E-state index is 5.47. The molecule has 7 heteroatoms. The molecule has 0 aromatic rings. The molecule has 2 rings (SSSR count). The van der Waals surface area contributed by atoms with E-state index in [9.17, 15) is 0 Å². The first-order valence-corrected chi connectivity index (χ1v) is 10.6. The van der Waals surface area contributed by atoms with E-state index in [1.54, 1.807) is 0 Å². The Hall–Kier alpha value is -0.120. The number of nitrogens with one attached hydrogen (secondary N) is 2. The molecule has 0 spiro atoms. The van der Waals surface area contributed by atoms with Gasteiger partial charge in [0.25, 0.3) is 0 Å². The van der Waals surface area contributed by atoms with E-state index in [2.05, 4.69) is 48.1 Å². The molecule has 0 unspecified atom stereocenters. The summed E-state index contributed by atoms with van der Waals surface area (Å²) in [5, 5.41) is 6.90. The van der Waals surface area contributed by atoms with Crippen LogP contribution in [0.4, 0.5) is 0 Å². The van der Waals surface area contributed by atoms with Gasteiger partial charge in [-0.05, 0) is 65.6 Å². The zero-order chi connectivity index (χ0) is 18.8. The molecular weight excluding hydrogens is 453 g/mol. The molecule has 2 N–H and O–H groups in total. The van der Waals surface area contributed by atoms with Crippen LogP contribution in [0.15, 0.2) is 4.99 Å². The first-order chi connectivity index (χ1) is 12.5. The van der Waals surface area contributed by atoms with E-state index in [4.69, 9.17) is 9.73 Å². The lowest BCUT2D eigenvalue weighted by atomic mass is 9.99. The highest BCUT2D eigenvalue weighted by Crippen LogP contribution is 2.17. The molecular formula is C20H42IN5O. The Kier molecular flexibility index (Phi) is 12.2. The van der Waals surface area contributed by atoms with Crippen molar-refractivity contribution in [3.8, 4) is 0 Å². The topological polar surface area (TPSA) is 52.1 Å². The van der Waals surface area contributed by atoms with E-state index in [0.717, 1.165) is 57.8 Å². The summed E-state index contributed by atoms with van der Waals surface area (Å²) in [7, 11) is 0. The molecule has 0 radical (unpaired) electrons. The normalized spacial score (nSPS) is 21.0. The second-order valence-electron chi connectivity index (χ2n) is 8.41. The lowest BCUT2D eigenvalue weighted by Crippen LogP contribution is -2.52. The van der Waals surface area contributed by atoms with Gasteiger partial charge >= 0.3 is 0 Å². The van der Waals surface area contributed by atoms with Gasteiger partial charge < -0.3 is 20.3 Å². The van der Waals surface area contributed by atoms with E-state index in [1.165, 1.54) is 38.9 Å². The minimum Gasteiger partial charge on any atom is -0.379 e. The fourth-order valence-electron chi connectivity index (χ4n) is 3.68. The third-order valence-electron chi connectivity index (χ3n) is 5.66. The summed E-state index contributed by atoms with van der Waals surface area (Å²) < 4.78 is 5.47. The van der Waals surface area contributed by atoms with Gasteiger partial charge in [0.05, 0.1) is 19.8 Å². The van der Waals surface area contributed by atoms with Crippen molar-refractivity contribution in [2.45, 2.75) is 52.5 Å². The molecule has 2 aliphatic heterocycles. The van der Waals surface area contributed by atoms with Gasteiger partial charge in [0.15, 0.2) is 5.96 Å². The van der Waals surface area contributed by atoms with Gasteiger partial charge in [0.2, 0.25) is 0 Å². The lowest BCUT2D eigenvalue weighted by molar-refractivity contribution is -0.00683. The van der Waals surface area contributed by atoms with Gasteiger partial charge in [0.1, 0.15) is 0 Å². The first-order valence-electron chi connectivity index (χ1n) is 10.6. The van der Waals surface area contributed by atoms with Crippen LogP contribution in [-0.2, 0) is 4.74 Å². The van der Waals surface area contributed by atoms with Gasteiger partial charge in [0, 0.05) is 31.7 Å². The third kappa shape index (κ3) is 9.28. The van der Waals surface area contributed by atoms with E-state index >= 15 is 0 Å². The van der Waals surface area contributed by atoms with Crippen LogP contribution < -0.4 is 10.6 Å². The standard InChI is InChI=1S/C20H41N5O.HI/c1-5-21-19(22-9-6-10-24-11-7-18(2)8-12-24)23-17-20(3,4)25-13-15-26-16-14-25;/h18H,5-17H2,1-4H3,(H2,21,22,23);1H. The molecule has 0 aromatic carbocycles. The van der Waals surface area contributed by atoms with E-state index < -0.39 is 0 Å². The van der Waals surface area contributed by atoms with Crippen LogP contribution in [0.1, 0.15) is 47.0 Å². The molecule has 0 amide bonds. The minimum atomic E-state index is 0. The fraction of sp³-hybridized carbons (Fsp3) is 0.950. The van der Waals surface area contributed by atoms with E-state index in [1.807, 2.05) is 0 Å². The molecule has 0 aliphatic carbocycles. The Bertz CT molecular complexity index is 419. The highest BCUT2D eigenvalue weighted by atomic mass is 127. The molecule has 6 nitrogen and oxygen atoms in total. The van der Waals surface area contributed by atoms with Crippen LogP contribution in [0, 0.1) is 5.92 Å². The summed E-state index contributed by atoms with van der Waals surface area (Å²) in [6.45, 7) is 19.1. The van der Waals surface area contributed by atoms with Crippen molar-refractivity contribution in [3.63, 3.8) is 0 Å². The van der Waals surface area contributed by atoms with Gasteiger partial charge in [-0.1, -0.05) is 6.92 Å². The molecule has 27 heavy (non-hydrogen) atoms. The zero-order valence-electron chi connectivity index (χ0n) is 17.9. The summed E-state index contributed by atoms with van der Waals surface area (Å²) in [6.07, 6.45) is 3.88. The zero-order valence-corrected chi connectivity index (χ0v) is 20.3. The largest absolute Gasteiger partial charge is 0.379 e. The Labute approximate surface area is 183 Å². The quantitative estimate of drug-likeness (QED) is 0.235. The van der Waals surface area contributed by atoms with Crippen molar-refractivity contribution in [1.29, 1.82) is 0 Å². The number of ether oxygens (including phenoxy) is 1. The maximum Gasteiger partial charge on any atom is 0.191 e. The average molecular weight is 495 g/mol. The van der Waals surface area contributed by atoms with Crippen molar-refractivity contribution in [2.24, 2.45) is 10.9 Å². The molecule has 2 saturated heterocycles. The maximum atomic E-state index is 5.47. The predicted molar refractivity (Wildman–Crippen MR) is 125 cm³/mol. The van der Waals surface area contributed by atoms with Crippen molar-refractivity contribution in [3.05, 3.63) is 0 Å². The second kappa shape index (κ2) is 13.2. The Morgan fingerprint density at radius 1 is 1.11 bits per heavy atom. The molecule has 2 aliphatic rings. The molecule has 0 saturated carbocycles. The van der Waals surface area contributed by atoms with Crippen LogP contribution >= 0.6 is 24.0 Å². The van der Waals surface area contributed by atoms with Crippen LogP contribution in [0.5, 0.6) is 0 Å². The number of morpholine rings is 1. The average Bonchev–Trinajstić information content (AvgIpc) is 2.65. The Morgan fingerprint density at radius 2 is 1.78 bits per heavy atom. The molecule has 2 fully saturated rings. The van der Waals surface area contributed by atoms with Crippen LogP contribution in [-0.4, -0.2) is 86.9 Å². The molecule has 2 heterocycles. The molecule has 0 bridgehead atoms. The van der Waals surface area contributed by atoms with Gasteiger partial charge in [-0.15, -0.1) is 24.0 Å². The smallest absolute Gasteiger partial charge is 0.191 e. The van der Waals surface area contributed by atoms with E-state index in [-0.39, 0.29) is 29.5 Å². The number of guanidine groups is 1. The second-order valence-corrected chi connectivity index (χ2v) is 8.41. The number of likely N-dealkylation sites (tertiary alicyclic amines) is 1. The Balaban J connectivity index is 0.00000364. The van der Waals surface area contributed by atoms with Crippen LogP contribution in [0.2, 0.25) is 0 Å². The third-order valence-corrected chi connectivity index (χ3v) is 5.66. The lowest BCUT2D eigenvalue weighted by Gasteiger charge is -2.39. The summed E-state index contributed by atoms with van der Waals surface area (Å²) in [5.41, 5.74) is 0.0661. The van der Waals surface area contributed by atoms with E-state index in [0.29, 0.717) is 0 Å². The van der Waals surface area contributed by atoms with Gasteiger partial charge in [-0.25, -0.2) is 0 Å². The number of aliphatic imine (C=N–C) groups is 1. The SMILES string of the molecule is CCNC(=NCC(C)(C)N1CCOCC1)NCCCN1CCC(C)CC1.I. The number of halogens is 1.